The number of aromatic amines is 1. The highest BCUT2D eigenvalue weighted by atomic mass is 15.1. The monoisotopic (exact) mass is 288 g/mol. The maximum atomic E-state index is 5.81. The van der Waals surface area contributed by atoms with Crippen molar-refractivity contribution in [2.24, 2.45) is 0 Å². The van der Waals surface area contributed by atoms with Gasteiger partial charge in [-0.25, -0.2) is 4.98 Å². The molecule has 2 aromatic rings. The van der Waals surface area contributed by atoms with Crippen LogP contribution in [0.5, 0.6) is 0 Å². The molecule has 4 heteroatoms. The normalized spacial score (nSPS) is 13.1. The molecule has 1 heterocycles. The van der Waals surface area contributed by atoms with Crippen molar-refractivity contribution in [2.45, 2.75) is 52.5 Å². The van der Waals surface area contributed by atoms with Gasteiger partial charge in [-0.15, -0.1) is 0 Å². The van der Waals surface area contributed by atoms with Gasteiger partial charge in [0, 0.05) is 24.7 Å². The summed E-state index contributed by atoms with van der Waals surface area (Å²) in [7, 11) is 0. The molecule has 4 nitrogen and oxygen atoms in total. The van der Waals surface area contributed by atoms with E-state index in [0.29, 0.717) is 6.04 Å². The van der Waals surface area contributed by atoms with Crippen molar-refractivity contribution >= 4 is 16.7 Å². The van der Waals surface area contributed by atoms with Gasteiger partial charge >= 0.3 is 0 Å². The van der Waals surface area contributed by atoms with E-state index in [1.807, 2.05) is 18.2 Å². The van der Waals surface area contributed by atoms with Crippen LogP contribution in [0.3, 0.4) is 0 Å². The lowest BCUT2D eigenvalue weighted by atomic mass is 10.2. The zero-order valence-electron chi connectivity index (χ0n) is 13.5. The predicted molar refractivity (Wildman–Crippen MR) is 90.4 cm³/mol. The topological polar surface area (TPSA) is 57.9 Å². The standard InChI is InChI=1S/C17H28N4/c1-4-6-10-21(13(3)5-2)11-9-17-19-15-8-7-14(18)12-16(15)20-17/h7-8,12-13H,4-6,9-11,18H2,1-3H3,(H,19,20). The first-order valence-electron chi connectivity index (χ1n) is 8.12. The van der Waals surface area contributed by atoms with E-state index in [1.54, 1.807) is 0 Å². The molecule has 0 aliphatic rings. The minimum Gasteiger partial charge on any atom is -0.399 e. The Kier molecular flexibility index (Phi) is 5.62. The Hall–Kier alpha value is -1.55. The lowest BCUT2D eigenvalue weighted by molar-refractivity contribution is 0.202. The first-order valence-corrected chi connectivity index (χ1v) is 8.12. The molecule has 0 aliphatic heterocycles. The van der Waals surface area contributed by atoms with Crippen LogP contribution in [0, 0.1) is 0 Å². The molecule has 0 saturated heterocycles. The van der Waals surface area contributed by atoms with Crippen LogP contribution < -0.4 is 5.73 Å². The Morgan fingerprint density at radius 1 is 1.29 bits per heavy atom. The Morgan fingerprint density at radius 3 is 2.81 bits per heavy atom. The second kappa shape index (κ2) is 7.46. The molecule has 0 radical (unpaired) electrons. The van der Waals surface area contributed by atoms with Crippen molar-refractivity contribution in [2.75, 3.05) is 18.8 Å². The molecule has 2 rings (SSSR count). The number of aromatic nitrogens is 2. The number of nitrogens with two attached hydrogens (primary N) is 1. The second-order valence-corrected chi connectivity index (χ2v) is 5.86. The molecular weight excluding hydrogens is 260 g/mol. The molecule has 1 unspecified atom stereocenters. The number of hydrogen-bond acceptors (Lipinski definition) is 3. The van der Waals surface area contributed by atoms with Crippen molar-refractivity contribution < 1.29 is 0 Å². The summed E-state index contributed by atoms with van der Waals surface area (Å²) in [6.45, 7) is 9.06. The number of fused-ring (bicyclic) bond motifs is 1. The number of rotatable bonds is 8. The van der Waals surface area contributed by atoms with E-state index in [-0.39, 0.29) is 0 Å². The number of nitrogen functional groups attached to an aromatic ring is 1. The van der Waals surface area contributed by atoms with Gasteiger partial charge in [0.1, 0.15) is 5.82 Å². The lowest BCUT2D eigenvalue weighted by Crippen LogP contribution is -2.35. The molecule has 21 heavy (non-hydrogen) atoms. The molecular formula is C17H28N4. The molecule has 0 saturated carbocycles. The minimum absolute atomic E-state index is 0.636. The number of H-pyrrole nitrogens is 1. The fourth-order valence-corrected chi connectivity index (χ4v) is 2.62. The van der Waals surface area contributed by atoms with Gasteiger partial charge in [-0.05, 0) is 44.5 Å². The van der Waals surface area contributed by atoms with Crippen LogP contribution >= 0.6 is 0 Å². The number of benzene rings is 1. The number of nitrogens with zero attached hydrogens (tertiary/aromatic N) is 2. The van der Waals surface area contributed by atoms with Crippen molar-refractivity contribution in [1.29, 1.82) is 0 Å². The van der Waals surface area contributed by atoms with Crippen LogP contribution in [0.4, 0.5) is 5.69 Å². The van der Waals surface area contributed by atoms with Gasteiger partial charge in [-0.1, -0.05) is 20.3 Å². The van der Waals surface area contributed by atoms with Crippen LogP contribution in [-0.2, 0) is 6.42 Å². The summed E-state index contributed by atoms with van der Waals surface area (Å²) in [5, 5.41) is 0. The first-order chi connectivity index (χ1) is 10.1. The fraction of sp³-hybridized carbons (Fsp3) is 0.588. The summed E-state index contributed by atoms with van der Waals surface area (Å²) >= 11 is 0. The van der Waals surface area contributed by atoms with Crippen molar-refractivity contribution in [3.8, 4) is 0 Å². The minimum atomic E-state index is 0.636. The van der Waals surface area contributed by atoms with Gasteiger partial charge in [-0.2, -0.15) is 0 Å². The highest BCUT2D eigenvalue weighted by molar-refractivity contribution is 5.78. The molecule has 3 N–H and O–H groups in total. The molecule has 0 amide bonds. The van der Waals surface area contributed by atoms with Crippen LogP contribution in [0.1, 0.15) is 45.9 Å². The molecule has 1 aromatic carbocycles. The first kappa shape index (κ1) is 15.8. The van der Waals surface area contributed by atoms with E-state index in [2.05, 4.69) is 35.6 Å². The molecule has 0 spiro atoms. The molecule has 1 aromatic heterocycles. The largest absolute Gasteiger partial charge is 0.399 e. The summed E-state index contributed by atoms with van der Waals surface area (Å²) in [5.74, 6) is 1.06. The van der Waals surface area contributed by atoms with Gasteiger partial charge in [0.2, 0.25) is 0 Å². The number of unbranched alkanes of at least 4 members (excludes halogenated alkanes) is 1. The van der Waals surface area contributed by atoms with E-state index < -0.39 is 0 Å². The van der Waals surface area contributed by atoms with E-state index >= 15 is 0 Å². The van der Waals surface area contributed by atoms with Gasteiger partial charge in [0.15, 0.2) is 0 Å². The summed E-state index contributed by atoms with van der Waals surface area (Å²) in [6, 6.07) is 6.47. The predicted octanol–water partition coefficient (Wildman–Crippen LogP) is 3.59. The van der Waals surface area contributed by atoms with Crippen LogP contribution in [0.15, 0.2) is 18.2 Å². The molecule has 1 atom stereocenters. The quantitative estimate of drug-likeness (QED) is 0.730. The summed E-state index contributed by atoms with van der Waals surface area (Å²) < 4.78 is 0. The zero-order valence-corrected chi connectivity index (χ0v) is 13.5. The highest BCUT2D eigenvalue weighted by Crippen LogP contribution is 2.16. The van der Waals surface area contributed by atoms with Crippen LogP contribution in [0.2, 0.25) is 0 Å². The van der Waals surface area contributed by atoms with E-state index in [0.717, 1.165) is 35.5 Å². The summed E-state index contributed by atoms with van der Waals surface area (Å²) in [6.07, 6.45) is 4.67. The van der Waals surface area contributed by atoms with E-state index in [9.17, 15) is 0 Å². The third-order valence-corrected chi connectivity index (χ3v) is 4.20. The Bertz CT molecular complexity index is 561. The molecule has 0 bridgehead atoms. The highest BCUT2D eigenvalue weighted by Gasteiger charge is 2.12. The third-order valence-electron chi connectivity index (χ3n) is 4.20. The van der Waals surface area contributed by atoms with Crippen molar-refractivity contribution in [1.82, 2.24) is 14.9 Å². The lowest BCUT2D eigenvalue weighted by Gasteiger charge is -2.27. The van der Waals surface area contributed by atoms with E-state index in [4.69, 9.17) is 5.73 Å². The SMILES string of the molecule is CCCCN(CCc1nc2ccc(N)cc2[nH]1)C(C)CC. The van der Waals surface area contributed by atoms with Crippen molar-refractivity contribution in [3.63, 3.8) is 0 Å². The number of nitrogens with one attached hydrogen (secondary N) is 1. The summed E-state index contributed by atoms with van der Waals surface area (Å²) in [4.78, 5) is 10.6. The Morgan fingerprint density at radius 2 is 2.10 bits per heavy atom. The smallest absolute Gasteiger partial charge is 0.108 e. The Labute approximate surface area is 127 Å². The van der Waals surface area contributed by atoms with Crippen molar-refractivity contribution in [3.05, 3.63) is 24.0 Å². The average Bonchev–Trinajstić information content (AvgIpc) is 2.88. The zero-order chi connectivity index (χ0) is 15.2. The summed E-state index contributed by atoms with van der Waals surface area (Å²) in [5.41, 5.74) is 8.63. The fourth-order valence-electron chi connectivity index (χ4n) is 2.62. The van der Waals surface area contributed by atoms with Crippen LogP contribution in [-0.4, -0.2) is 34.0 Å². The van der Waals surface area contributed by atoms with Gasteiger partial charge in [0.05, 0.1) is 11.0 Å². The maximum Gasteiger partial charge on any atom is 0.108 e. The van der Waals surface area contributed by atoms with Gasteiger partial charge in [-0.3, -0.25) is 0 Å². The molecule has 116 valence electrons. The third kappa shape index (κ3) is 4.21. The second-order valence-electron chi connectivity index (χ2n) is 5.86. The maximum absolute atomic E-state index is 5.81. The number of anilines is 1. The average molecular weight is 288 g/mol. The van der Waals surface area contributed by atoms with Gasteiger partial charge in [0.25, 0.3) is 0 Å². The van der Waals surface area contributed by atoms with E-state index in [1.165, 1.54) is 25.8 Å². The van der Waals surface area contributed by atoms with Crippen LogP contribution in [0.25, 0.3) is 11.0 Å². The molecule has 0 fully saturated rings. The molecule has 0 aliphatic carbocycles. The number of imidazole rings is 1. The van der Waals surface area contributed by atoms with Gasteiger partial charge < -0.3 is 15.6 Å². The number of hydrogen-bond donors (Lipinski definition) is 2. The Balaban J connectivity index is 2.00.